The average molecular weight is 195 g/mol. The number of nitrogens with zero attached hydrogens (tertiary/aromatic N) is 2. The largest absolute Gasteiger partial charge is 0.382 e. The molecule has 78 valence electrons. The molecular weight excluding hydrogens is 178 g/mol. The molecule has 0 aromatic carbocycles. The monoisotopic (exact) mass is 195 g/mol. The van der Waals surface area contributed by atoms with Crippen molar-refractivity contribution in [2.24, 2.45) is 5.92 Å². The van der Waals surface area contributed by atoms with Crippen LogP contribution in [-0.2, 0) is 6.54 Å². The van der Waals surface area contributed by atoms with Gasteiger partial charge in [-0.2, -0.15) is 5.10 Å². The van der Waals surface area contributed by atoms with Crippen molar-refractivity contribution in [3.8, 4) is 0 Å². The van der Waals surface area contributed by atoms with Crippen LogP contribution in [-0.4, -0.2) is 9.78 Å². The summed E-state index contributed by atoms with van der Waals surface area (Å²) in [6.07, 6.45) is 2.22. The van der Waals surface area contributed by atoms with Crippen molar-refractivity contribution in [1.29, 1.82) is 0 Å². The number of anilines is 1. The van der Waals surface area contributed by atoms with Gasteiger partial charge >= 0.3 is 0 Å². The zero-order valence-corrected chi connectivity index (χ0v) is 8.73. The highest BCUT2D eigenvalue weighted by Crippen LogP contribution is 2.06. The molecule has 0 saturated carbocycles. The van der Waals surface area contributed by atoms with Gasteiger partial charge in [0, 0.05) is 12.6 Å². The molecule has 0 aliphatic carbocycles. The minimum atomic E-state index is -0.0813. The van der Waals surface area contributed by atoms with Gasteiger partial charge in [0.15, 0.2) is 0 Å². The van der Waals surface area contributed by atoms with E-state index in [1.807, 2.05) is 0 Å². The Kier molecular flexibility index (Phi) is 3.68. The lowest BCUT2D eigenvalue weighted by Crippen LogP contribution is -2.25. The van der Waals surface area contributed by atoms with E-state index in [9.17, 15) is 4.79 Å². The van der Waals surface area contributed by atoms with Crippen LogP contribution in [0.1, 0.15) is 26.7 Å². The Morgan fingerprint density at radius 2 is 2.29 bits per heavy atom. The molecular formula is C10H17N3O. The fraction of sp³-hybridized carbons (Fsp3) is 0.600. The van der Waals surface area contributed by atoms with E-state index in [1.165, 1.54) is 16.8 Å². The van der Waals surface area contributed by atoms with Gasteiger partial charge in [-0.1, -0.05) is 20.3 Å². The summed E-state index contributed by atoms with van der Waals surface area (Å²) in [5.74, 6) is 0.861. The van der Waals surface area contributed by atoms with Gasteiger partial charge in [0.1, 0.15) is 5.82 Å². The highest BCUT2D eigenvalue weighted by Gasteiger charge is 2.04. The van der Waals surface area contributed by atoms with Crippen LogP contribution in [0.2, 0.25) is 0 Å². The Bertz CT molecular complexity index is 345. The molecule has 1 rings (SSSR count). The average Bonchev–Trinajstić information content (AvgIpc) is 2.12. The van der Waals surface area contributed by atoms with Gasteiger partial charge in [0.25, 0.3) is 5.56 Å². The van der Waals surface area contributed by atoms with Gasteiger partial charge in [0.05, 0.1) is 0 Å². The third kappa shape index (κ3) is 2.87. The summed E-state index contributed by atoms with van der Waals surface area (Å²) in [4.78, 5) is 11.4. The van der Waals surface area contributed by atoms with Crippen LogP contribution in [0.15, 0.2) is 16.9 Å². The van der Waals surface area contributed by atoms with Crippen molar-refractivity contribution >= 4 is 5.82 Å². The van der Waals surface area contributed by atoms with Crippen molar-refractivity contribution < 1.29 is 0 Å². The Labute approximate surface area is 83.7 Å². The standard InChI is InChI=1S/C10H17N3O/c1-3-4-8(2)7-13-10(14)6-5-9(11)12-13/h5-6,8H,3-4,7H2,1-2H3,(H2,11,12). The van der Waals surface area contributed by atoms with Crippen molar-refractivity contribution in [3.63, 3.8) is 0 Å². The molecule has 0 amide bonds. The number of aromatic nitrogens is 2. The summed E-state index contributed by atoms with van der Waals surface area (Å²) in [5.41, 5.74) is 5.42. The van der Waals surface area contributed by atoms with Crippen LogP contribution in [0, 0.1) is 5.92 Å². The number of hydrogen-bond donors (Lipinski definition) is 1. The molecule has 2 N–H and O–H groups in total. The summed E-state index contributed by atoms with van der Waals surface area (Å²) >= 11 is 0. The molecule has 4 nitrogen and oxygen atoms in total. The van der Waals surface area contributed by atoms with E-state index in [-0.39, 0.29) is 5.56 Å². The smallest absolute Gasteiger partial charge is 0.266 e. The van der Waals surface area contributed by atoms with E-state index in [0.717, 1.165) is 12.8 Å². The maximum Gasteiger partial charge on any atom is 0.266 e. The van der Waals surface area contributed by atoms with Crippen molar-refractivity contribution in [3.05, 3.63) is 22.5 Å². The first-order valence-electron chi connectivity index (χ1n) is 4.97. The number of nitrogens with two attached hydrogens (primary N) is 1. The number of rotatable bonds is 4. The number of nitrogen functional groups attached to an aromatic ring is 1. The summed E-state index contributed by atoms with van der Waals surface area (Å²) in [6, 6.07) is 2.99. The van der Waals surface area contributed by atoms with Crippen molar-refractivity contribution in [2.75, 3.05) is 5.73 Å². The van der Waals surface area contributed by atoms with E-state index >= 15 is 0 Å². The molecule has 1 unspecified atom stereocenters. The lowest BCUT2D eigenvalue weighted by molar-refractivity contribution is 0.409. The maximum absolute atomic E-state index is 11.4. The molecule has 1 heterocycles. The van der Waals surface area contributed by atoms with Gasteiger partial charge < -0.3 is 5.73 Å². The van der Waals surface area contributed by atoms with Gasteiger partial charge in [-0.15, -0.1) is 0 Å². The van der Waals surface area contributed by atoms with Gasteiger partial charge in [-0.05, 0) is 18.4 Å². The molecule has 0 saturated heterocycles. The molecule has 0 bridgehead atoms. The zero-order chi connectivity index (χ0) is 10.6. The predicted molar refractivity (Wildman–Crippen MR) is 57.0 cm³/mol. The lowest BCUT2D eigenvalue weighted by Gasteiger charge is -2.11. The van der Waals surface area contributed by atoms with Crippen LogP contribution >= 0.6 is 0 Å². The second-order valence-corrected chi connectivity index (χ2v) is 3.67. The van der Waals surface area contributed by atoms with Crippen LogP contribution in [0.4, 0.5) is 5.82 Å². The minimum absolute atomic E-state index is 0.0813. The molecule has 14 heavy (non-hydrogen) atoms. The normalized spacial score (nSPS) is 12.7. The first kappa shape index (κ1) is 10.8. The van der Waals surface area contributed by atoms with Crippen molar-refractivity contribution in [2.45, 2.75) is 33.2 Å². The van der Waals surface area contributed by atoms with E-state index in [2.05, 4.69) is 18.9 Å². The molecule has 0 radical (unpaired) electrons. The molecule has 0 spiro atoms. The van der Waals surface area contributed by atoms with Crippen LogP contribution in [0.5, 0.6) is 0 Å². The first-order valence-corrected chi connectivity index (χ1v) is 4.97. The van der Waals surface area contributed by atoms with Crippen LogP contribution < -0.4 is 11.3 Å². The van der Waals surface area contributed by atoms with Crippen LogP contribution in [0.3, 0.4) is 0 Å². The Balaban J connectivity index is 2.75. The minimum Gasteiger partial charge on any atom is -0.382 e. The Morgan fingerprint density at radius 3 is 2.93 bits per heavy atom. The molecule has 4 heteroatoms. The van der Waals surface area contributed by atoms with Gasteiger partial charge in [0.2, 0.25) is 0 Å². The quantitative estimate of drug-likeness (QED) is 0.786. The molecule has 1 aromatic heterocycles. The lowest BCUT2D eigenvalue weighted by atomic mass is 10.1. The highest BCUT2D eigenvalue weighted by atomic mass is 16.1. The summed E-state index contributed by atoms with van der Waals surface area (Å²) in [7, 11) is 0. The number of hydrogen-bond acceptors (Lipinski definition) is 3. The molecule has 0 fully saturated rings. The van der Waals surface area contributed by atoms with Crippen LogP contribution in [0.25, 0.3) is 0 Å². The van der Waals surface area contributed by atoms with E-state index in [4.69, 9.17) is 5.73 Å². The zero-order valence-electron chi connectivity index (χ0n) is 8.73. The molecule has 1 atom stereocenters. The highest BCUT2D eigenvalue weighted by molar-refractivity contribution is 5.23. The van der Waals surface area contributed by atoms with E-state index in [1.54, 1.807) is 0 Å². The van der Waals surface area contributed by atoms with E-state index in [0.29, 0.717) is 18.3 Å². The summed E-state index contributed by atoms with van der Waals surface area (Å²) < 4.78 is 1.44. The first-order chi connectivity index (χ1) is 6.63. The third-order valence-electron chi connectivity index (χ3n) is 2.15. The Morgan fingerprint density at radius 1 is 1.57 bits per heavy atom. The Hall–Kier alpha value is -1.32. The molecule has 0 aliphatic rings. The molecule has 0 aliphatic heterocycles. The topological polar surface area (TPSA) is 60.9 Å². The van der Waals surface area contributed by atoms with Crippen molar-refractivity contribution in [1.82, 2.24) is 9.78 Å². The van der Waals surface area contributed by atoms with Gasteiger partial charge in [-0.3, -0.25) is 4.79 Å². The predicted octanol–water partition coefficient (Wildman–Crippen LogP) is 1.26. The third-order valence-corrected chi connectivity index (χ3v) is 2.15. The van der Waals surface area contributed by atoms with E-state index < -0.39 is 0 Å². The second kappa shape index (κ2) is 4.79. The fourth-order valence-corrected chi connectivity index (χ4v) is 1.47. The molecule has 1 aromatic rings. The summed E-state index contributed by atoms with van der Waals surface area (Å²) in [5, 5.41) is 3.98. The SMILES string of the molecule is CCCC(C)Cn1nc(N)ccc1=O. The van der Waals surface area contributed by atoms with Gasteiger partial charge in [-0.25, -0.2) is 4.68 Å². The fourth-order valence-electron chi connectivity index (χ4n) is 1.47. The second-order valence-electron chi connectivity index (χ2n) is 3.67. The maximum atomic E-state index is 11.4. The summed E-state index contributed by atoms with van der Waals surface area (Å²) in [6.45, 7) is 4.89.